The van der Waals surface area contributed by atoms with Gasteiger partial charge in [0, 0.05) is 19.2 Å². The molecule has 1 aliphatic heterocycles. The second-order valence-corrected chi connectivity index (χ2v) is 4.60. The van der Waals surface area contributed by atoms with E-state index in [0.717, 1.165) is 32.6 Å². The minimum Gasteiger partial charge on any atom is -0.379 e. The van der Waals surface area contributed by atoms with E-state index in [-0.39, 0.29) is 0 Å². The van der Waals surface area contributed by atoms with Crippen LogP contribution in [-0.2, 0) is 9.47 Å². The van der Waals surface area contributed by atoms with Gasteiger partial charge in [0.25, 0.3) is 0 Å². The Balaban J connectivity index is 2.04. The molecule has 3 heteroatoms. The SMILES string of the molecule is CCCOCC1CCC(CNC(C)C)O1. The summed E-state index contributed by atoms with van der Waals surface area (Å²) in [6, 6.07) is 0.545. The monoisotopic (exact) mass is 215 g/mol. The Morgan fingerprint density at radius 3 is 2.73 bits per heavy atom. The van der Waals surface area contributed by atoms with Crippen molar-refractivity contribution in [3.63, 3.8) is 0 Å². The van der Waals surface area contributed by atoms with Gasteiger partial charge in [-0.05, 0) is 19.3 Å². The summed E-state index contributed by atoms with van der Waals surface area (Å²) < 4.78 is 11.4. The average Bonchev–Trinajstić information content (AvgIpc) is 2.63. The third-order valence-electron chi connectivity index (χ3n) is 2.60. The quantitative estimate of drug-likeness (QED) is 0.659. The summed E-state index contributed by atoms with van der Waals surface area (Å²) in [4.78, 5) is 0. The molecule has 2 unspecified atom stereocenters. The third kappa shape index (κ3) is 5.50. The second-order valence-electron chi connectivity index (χ2n) is 4.60. The highest BCUT2D eigenvalue weighted by molar-refractivity contribution is 4.75. The van der Waals surface area contributed by atoms with Gasteiger partial charge in [0.05, 0.1) is 18.8 Å². The molecule has 0 aromatic carbocycles. The van der Waals surface area contributed by atoms with Crippen LogP contribution in [-0.4, -0.2) is 38.0 Å². The molecular weight excluding hydrogens is 190 g/mol. The Morgan fingerprint density at radius 1 is 1.33 bits per heavy atom. The van der Waals surface area contributed by atoms with Gasteiger partial charge in [-0.15, -0.1) is 0 Å². The van der Waals surface area contributed by atoms with Gasteiger partial charge in [0.15, 0.2) is 0 Å². The Bertz CT molecular complexity index is 162. The number of nitrogens with one attached hydrogen (secondary N) is 1. The van der Waals surface area contributed by atoms with Crippen LogP contribution < -0.4 is 5.32 Å². The van der Waals surface area contributed by atoms with Gasteiger partial charge in [0.1, 0.15) is 0 Å². The third-order valence-corrected chi connectivity index (χ3v) is 2.60. The molecule has 1 aliphatic rings. The fourth-order valence-corrected chi connectivity index (χ4v) is 1.78. The normalized spacial score (nSPS) is 26.4. The molecule has 0 amide bonds. The van der Waals surface area contributed by atoms with E-state index in [4.69, 9.17) is 9.47 Å². The maximum absolute atomic E-state index is 5.87. The van der Waals surface area contributed by atoms with Gasteiger partial charge in [-0.3, -0.25) is 0 Å². The molecule has 2 atom stereocenters. The Labute approximate surface area is 93.5 Å². The molecule has 0 aliphatic carbocycles. The Hall–Kier alpha value is -0.120. The first-order valence-corrected chi connectivity index (χ1v) is 6.19. The minimum absolute atomic E-state index is 0.329. The maximum Gasteiger partial charge on any atom is 0.0813 e. The van der Waals surface area contributed by atoms with E-state index in [1.807, 2.05) is 0 Å². The summed E-state index contributed by atoms with van der Waals surface area (Å²) >= 11 is 0. The summed E-state index contributed by atoms with van der Waals surface area (Å²) in [5.74, 6) is 0. The van der Waals surface area contributed by atoms with E-state index in [9.17, 15) is 0 Å². The maximum atomic E-state index is 5.87. The molecule has 3 nitrogen and oxygen atoms in total. The van der Waals surface area contributed by atoms with Crippen molar-refractivity contribution in [1.29, 1.82) is 0 Å². The number of hydrogen-bond acceptors (Lipinski definition) is 3. The largest absolute Gasteiger partial charge is 0.379 e. The molecule has 90 valence electrons. The lowest BCUT2D eigenvalue weighted by Crippen LogP contribution is -2.32. The number of rotatable bonds is 7. The van der Waals surface area contributed by atoms with Crippen molar-refractivity contribution in [2.75, 3.05) is 19.8 Å². The summed E-state index contributed by atoms with van der Waals surface area (Å²) in [6.45, 7) is 9.06. The number of hydrogen-bond donors (Lipinski definition) is 1. The van der Waals surface area contributed by atoms with E-state index >= 15 is 0 Å². The van der Waals surface area contributed by atoms with Crippen LogP contribution in [0.3, 0.4) is 0 Å². The molecular formula is C12H25NO2. The summed E-state index contributed by atoms with van der Waals surface area (Å²) in [5.41, 5.74) is 0. The zero-order valence-electron chi connectivity index (χ0n) is 10.3. The van der Waals surface area contributed by atoms with Crippen molar-refractivity contribution >= 4 is 0 Å². The van der Waals surface area contributed by atoms with E-state index in [1.54, 1.807) is 0 Å². The lowest BCUT2D eigenvalue weighted by molar-refractivity contribution is -0.0145. The summed E-state index contributed by atoms with van der Waals surface area (Å²) in [5, 5.41) is 3.41. The van der Waals surface area contributed by atoms with E-state index < -0.39 is 0 Å². The molecule has 0 radical (unpaired) electrons. The molecule has 1 heterocycles. The van der Waals surface area contributed by atoms with Gasteiger partial charge >= 0.3 is 0 Å². The summed E-state index contributed by atoms with van der Waals surface area (Å²) in [7, 11) is 0. The predicted octanol–water partition coefficient (Wildman–Crippen LogP) is 1.96. The highest BCUT2D eigenvalue weighted by atomic mass is 16.5. The van der Waals surface area contributed by atoms with Crippen LogP contribution in [0.15, 0.2) is 0 Å². The van der Waals surface area contributed by atoms with Gasteiger partial charge in [-0.2, -0.15) is 0 Å². The van der Waals surface area contributed by atoms with Gasteiger partial charge in [0.2, 0.25) is 0 Å². The minimum atomic E-state index is 0.329. The first-order valence-electron chi connectivity index (χ1n) is 6.19. The van der Waals surface area contributed by atoms with Crippen LogP contribution in [0.25, 0.3) is 0 Å². The molecule has 0 spiro atoms. The fraction of sp³-hybridized carbons (Fsp3) is 1.00. The van der Waals surface area contributed by atoms with E-state index in [1.165, 1.54) is 6.42 Å². The first kappa shape index (κ1) is 12.9. The molecule has 0 aromatic rings. The number of ether oxygens (including phenoxy) is 2. The standard InChI is InChI=1S/C12H25NO2/c1-4-7-14-9-12-6-5-11(15-12)8-13-10(2)3/h10-13H,4-9H2,1-3H3. The molecule has 1 N–H and O–H groups in total. The van der Waals surface area contributed by atoms with Crippen molar-refractivity contribution in [2.45, 2.75) is 58.3 Å². The second kappa shape index (κ2) is 7.20. The van der Waals surface area contributed by atoms with Gasteiger partial charge in [-0.25, -0.2) is 0 Å². The lowest BCUT2D eigenvalue weighted by Gasteiger charge is -2.16. The highest BCUT2D eigenvalue weighted by Crippen LogP contribution is 2.19. The fourth-order valence-electron chi connectivity index (χ4n) is 1.78. The van der Waals surface area contributed by atoms with E-state index in [0.29, 0.717) is 18.2 Å². The van der Waals surface area contributed by atoms with Crippen molar-refractivity contribution < 1.29 is 9.47 Å². The van der Waals surface area contributed by atoms with Crippen LogP contribution in [0.4, 0.5) is 0 Å². The molecule has 1 saturated heterocycles. The van der Waals surface area contributed by atoms with Gasteiger partial charge in [-0.1, -0.05) is 20.8 Å². The molecule has 1 fully saturated rings. The van der Waals surface area contributed by atoms with Crippen molar-refractivity contribution in [1.82, 2.24) is 5.32 Å². The Morgan fingerprint density at radius 2 is 2.07 bits per heavy atom. The average molecular weight is 215 g/mol. The van der Waals surface area contributed by atoms with Crippen molar-refractivity contribution in [3.8, 4) is 0 Å². The first-order chi connectivity index (χ1) is 7.22. The van der Waals surface area contributed by atoms with E-state index in [2.05, 4.69) is 26.1 Å². The topological polar surface area (TPSA) is 30.5 Å². The zero-order valence-corrected chi connectivity index (χ0v) is 10.3. The van der Waals surface area contributed by atoms with Crippen LogP contribution in [0.2, 0.25) is 0 Å². The molecule has 0 saturated carbocycles. The molecule has 1 rings (SSSR count). The lowest BCUT2D eigenvalue weighted by atomic mass is 10.2. The highest BCUT2D eigenvalue weighted by Gasteiger charge is 2.24. The van der Waals surface area contributed by atoms with Crippen LogP contribution in [0.1, 0.15) is 40.0 Å². The van der Waals surface area contributed by atoms with Gasteiger partial charge < -0.3 is 14.8 Å². The molecule has 15 heavy (non-hydrogen) atoms. The zero-order chi connectivity index (χ0) is 11.1. The molecule has 0 aromatic heterocycles. The van der Waals surface area contributed by atoms with Crippen molar-refractivity contribution in [3.05, 3.63) is 0 Å². The van der Waals surface area contributed by atoms with Crippen molar-refractivity contribution in [2.24, 2.45) is 0 Å². The molecule has 0 bridgehead atoms. The van der Waals surface area contributed by atoms with Crippen LogP contribution in [0.5, 0.6) is 0 Å². The summed E-state index contributed by atoms with van der Waals surface area (Å²) in [6.07, 6.45) is 4.12. The van der Waals surface area contributed by atoms with Crippen LogP contribution in [0, 0.1) is 0 Å². The van der Waals surface area contributed by atoms with Crippen LogP contribution >= 0.6 is 0 Å². The smallest absolute Gasteiger partial charge is 0.0813 e. The predicted molar refractivity (Wildman–Crippen MR) is 62.1 cm³/mol. The Kier molecular flexibility index (Phi) is 6.22.